The highest BCUT2D eigenvalue weighted by Gasteiger charge is 2.39. The lowest BCUT2D eigenvalue weighted by Gasteiger charge is -2.51. The highest BCUT2D eigenvalue weighted by Crippen LogP contribution is 2.30. The third-order valence-electron chi connectivity index (χ3n) is 4.85. The van der Waals surface area contributed by atoms with E-state index in [9.17, 15) is 0 Å². The second-order valence-corrected chi connectivity index (χ2v) is 7.80. The van der Waals surface area contributed by atoms with E-state index in [2.05, 4.69) is 49.7 Å². The molecule has 2 nitrogen and oxygen atoms in total. The summed E-state index contributed by atoms with van der Waals surface area (Å²) in [5.74, 6) is 3.48. The van der Waals surface area contributed by atoms with Crippen LogP contribution in [-0.4, -0.2) is 47.1 Å². The minimum atomic E-state index is 0.327. The molecule has 0 saturated carbocycles. The van der Waals surface area contributed by atoms with Crippen molar-refractivity contribution in [2.75, 3.05) is 24.6 Å². The van der Waals surface area contributed by atoms with Gasteiger partial charge in [0.1, 0.15) is 0 Å². The molecule has 2 fully saturated rings. The van der Waals surface area contributed by atoms with Crippen molar-refractivity contribution in [3.63, 3.8) is 0 Å². The quantitative estimate of drug-likeness (QED) is 0.849. The van der Waals surface area contributed by atoms with E-state index in [1.807, 2.05) is 0 Å². The average Bonchev–Trinajstić information content (AvgIpc) is 2.39. The normalized spacial score (nSPS) is 39.2. The van der Waals surface area contributed by atoms with Crippen molar-refractivity contribution in [2.24, 2.45) is 5.92 Å². The second-order valence-electron chi connectivity index (χ2n) is 6.65. The molecule has 0 spiro atoms. The van der Waals surface area contributed by atoms with Gasteiger partial charge < -0.3 is 5.32 Å². The summed E-state index contributed by atoms with van der Waals surface area (Å²) in [7, 11) is 0. The minimum Gasteiger partial charge on any atom is -0.309 e. The fraction of sp³-hybridized carbons (Fsp3) is 1.00. The number of hydrogen-bond donors (Lipinski definition) is 1. The summed E-state index contributed by atoms with van der Waals surface area (Å²) in [6.45, 7) is 11.9. The number of hydrogen-bond acceptors (Lipinski definition) is 3. The maximum Gasteiger partial charge on any atom is 0.0278 e. The van der Waals surface area contributed by atoms with Crippen LogP contribution in [0.3, 0.4) is 0 Å². The van der Waals surface area contributed by atoms with E-state index in [0.717, 1.165) is 18.0 Å². The Morgan fingerprint density at radius 2 is 2.22 bits per heavy atom. The minimum absolute atomic E-state index is 0.327. The Bertz CT molecular complexity index is 263. The molecule has 2 aliphatic heterocycles. The van der Waals surface area contributed by atoms with Crippen molar-refractivity contribution in [3.05, 3.63) is 0 Å². The molecule has 0 aliphatic carbocycles. The SMILES string of the molecule is CCC1(C)CN(C2CCCSC2)C(C(C)C)CN1. The first kappa shape index (κ1) is 14.7. The molecular formula is C15H30N2S. The van der Waals surface area contributed by atoms with Crippen molar-refractivity contribution < 1.29 is 0 Å². The van der Waals surface area contributed by atoms with Crippen LogP contribution in [0.15, 0.2) is 0 Å². The summed E-state index contributed by atoms with van der Waals surface area (Å²) in [4.78, 5) is 2.84. The average molecular weight is 270 g/mol. The van der Waals surface area contributed by atoms with Gasteiger partial charge >= 0.3 is 0 Å². The van der Waals surface area contributed by atoms with Gasteiger partial charge in [0, 0.05) is 36.5 Å². The largest absolute Gasteiger partial charge is 0.309 e. The molecule has 1 N–H and O–H groups in total. The van der Waals surface area contributed by atoms with Crippen LogP contribution in [0.25, 0.3) is 0 Å². The number of nitrogens with zero attached hydrogens (tertiary/aromatic N) is 1. The van der Waals surface area contributed by atoms with Crippen molar-refractivity contribution in [1.82, 2.24) is 10.2 Å². The first-order valence-electron chi connectivity index (χ1n) is 7.64. The summed E-state index contributed by atoms with van der Waals surface area (Å²) < 4.78 is 0. The molecule has 2 aliphatic rings. The summed E-state index contributed by atoms with van der Waals surface area (Å²) in [6.07, 6.45) is 4.05. The zero-order chi connectivity index (χ0) is 13.2. The first-order valence-corrected chi connectivity index (χ1v) is 8.80. The lowest BCUT2D eigenvalue weighted by Crippen LogP contribution is -2.66. The summed E-state index contributed by atoms with van der Waals surface area (Å²) in [5, 5.41) is 3.80. The third-order valence-corrected chi connectivity index (χ3v) is 6.05. The fourth-order valence-electron chi connectivity index (χ4n) is 3.28. The van der Waals surface area contributed by atoms with Gasteiger partial charge in [-0.15, -0.1) is 0 Å². The van der Waals surface area contributed by atoms with E-state index in [4.69, 9.17) is 0 Å². The Balaban J connectivity index is 2.08. The number of rotatable bonds is 3. The summed E-state index contributed by atoms with van der Waals surface area (Å²) >= 11 is 2.16. The van der Waals surface area contributed by atoms with E-state index < -0.39 is 0 Å². The maximum absolute atomic E-state index is 3.80. The van der Waals surface area contributed by atoms with Crippen LogP contribution in [0.2, 0.25) is 0 Å². The number of nitrogens with one attached hydrogen (secondary N) is 1. The van der Waals surface area contributed by atoms with Crippen LogP contribution in [0.4, 0.5) is 0 Å². The van der Waals surface area contributed by atoms with E-state index in [-0.39, 0.29) is 0 Å². The topological polar surface area (TPSA) is 15.3 Å². The highest BCUT2D eigenvalue weighted by molar-refractivity contribution is 7.99. The zero-order valence-electron chi connectivity index (χ0n) is 12.5. The molecule has 2 rings (SSSR count). The Morgan fingerprint density at radius 3 is 2.78 bits per heavy atom. The van der Waals surface area contributed by atoms with E-state index in [1.165, 1.54) is 43.9 Å². The molecule has 0 amide bonds. The molecule has 0 aromatic rings. The van der Waals surface area contributed by atoms with E-state index >= 15 is 0 Å². The molecule has 3 atom stereocenters. The van der Waals surface area contributed by atoms with Gasteiger partial charge in [0.05, 0.1) is 0 Å². The van der Waals surface area contributed by atoms with Gasteiger partial charge in [-0.05, 0) is 37.9 Å². The molecule has 3 heteroatoms. The lowest BCUT2D eigenvalue weighted by atomic mass is 9.88. The Morgan fingerprint density at radius 1 is 1.44 bits per heavy atom. The van der Waals surface area contributed by atoms with Crippen LogP contribution < -0.4 is 5.32 Å². The smallest absolute Gasteiger partial charge is 0.0278 e. The number of piperazine rings is 1. The van der Waals surface area contributed by atoms with Crippen LogP contribution in [0.1, 0.15) is 47.0 Å². The predicted molar refractivity (Wildman–Crippen MR) is 82.4 cm³/mol. The molecular weight excluding hydrogens is 240 g/mol. The van der Waals surface area contributed by atoms with E-state index in [1.54, 1.807) is 0 Å². The van der Waals surface area contributed by atoms with Crippen LogP contribution in [-0.2, 0) is 0 Å². The molecule has 0 aromatic heterocycles. The van der Waals surface area contributed by atoms with Gasteiger partial charge in [-0.3, -0.25) is 4.90 Å². The Labute approximate surface area is 117 Å². The maximum atomic E-state index is 3.80. The lowest BCUT2D eigenvalue weighted by molar-refractivity contribution is 0.0281. The van der Waals surface area contributed by atoms with Crippen LogP contribution in [0, 0.1) is 5.92 Å². The predicted octanol–water partition coefficient (Wildman–Crippen LogP) is 2.98. The second kappa shape index (κ2) is 6.15. The standard InChI is InChI=1S/C15H30N2S/c1-5-15(4)11-17(13-7-6-8-18-10-13)14(9-16-15)12(2)3/h12-14,16H,5-11H2,1-4H3. The summed E-state index contributed by atoms with van der Waals surface area (Å²) in [5.41, 5.74) is 0.327. The molecule has 0 radical (unpaired) electrons. The van der Waals surface area contributed by atoms with Gasteiger partial charge in [0.25, 0.3) is 0 Å². The molecule has 2 saturated heterocycles. The van der Waals surface area contributed by atoms with Crippen molar-refractivity contribution in [1.29, 1.82) is 0 Å². The molecule has 2 heterocycles. The van der Waals surface area contributed by atoms with E-state index in [0.29, 0.717) is 5.54 Å². The van der Waals surface area contributed by atoms with Gasteiger partial charge in [0.15, 0.2) is 0 Å². The van der Waals surface area contributed by atoms with Crippen molar-refractivity contribution >= 4 is 11.8 Å². The van der Waals surface area contributed by atoms with Crippen LogP contribution >= 0.6 is 11.8 Å². The molecule has 0 bridgehead atoms. The molecule has 18 heavy (non-hydrogen) atoms. The zero-order valence-corrected chi connectivity index (χ0v) is 13.4. The Hall–Kier alpha value is 0.270. The molecule has 106 valence electrons. The molecule has 3 unspecified atom stereocenters. The number of thioether (sulfide) groups is 1. The van der Waals surface area contributed by atoms with Gasteiger partial charge in [-0.25, -0.2) is 0 Å². The van der Waals surface area contributed by atoms with Gasteiger partial charge in [-0.2, -0.15) is 11.8 Å². The van der Waals surface area contributed by atoms with Crippen molar-refractivity contribution in [3.8, 4) is 0 Å². The Kier molecular flexibility index (Phi) is 5.01. The van der Waals surface area contributed by atoms with Crippen LogP contribution in [0.5, 0.6) is 0 Å². The van der Waals surface area contributed by atoms with Gasteiger partial charge in [0.2, 0.25) is 0 Å². The fourth-order valence-corrected chi connectivity index (χ4v) is 4.45. The van der Waals surface area contributed by atoms with Gasteiger partial charge in [-0.1, -0.05) is 20.8 Å². The molecule has 0 aromatic carbocycles. The van der Waals surface area contributed by atoms with Crippen molar-refractivity contribution in [2.45, 2.75) is 64.6 Å². The monoisotopic (exact) mass is 270 g/mol. The first-order chi connectivity index (χ1) is 8.56. The third kappa shape index (κ3) is 3.23. The summed E-state index contributed by atoms with van der Waals surface area (Å²) in [6, 6.07) is 1.55. The highest BCUT2D eigenvalue weighted by atomic mass is 32.2.